The Morgan fingerprint density at radius 3 is 2.50 bits per heavy atom. The summed E-state index contributed by atoms with van der Waals surface area (Å²) in [6.45, 7) is 0. The lowest BCUT2D eigenvalue weighted by Crippen LogP contribution is -2.03. The number of aromatic nitrogens is 1. The molecule has 3 aromatic rings. The number of halogens is 1. The fourth-order valence-corrected chi connectivity index (χ4v) is 3.24. The fraction of sp³-hybridized carbons (Fsp3) is 0. The average Bonchev–Trinajstić information content (AvgIpc) is 2.46. The van der Waals surface area contributed by atoms with Crippen molar-refractivity contribution in [1.82, 2.24) is 4.98 Å². The largest absolute Gasteiger partial charge is 0.255 e. The summed E-state index contributed by atoms with van der Waals surface area (Å²) < 4.78 is 38.0. The predicted octanol–water partition coefficient (Wildman–Crippen LogP) is 3.21. The van der Waals surface area contributed by atoms with Gasteiger partial charge in [0.15, 0.2) is 0 Å². The SMILES string of the molecule is O=S(=O)(c1cccc(F)c1)c1cnc2ccccc2c1. The lowest BCUT2D eigenvalue weighted by atomic mass is 10.2. The standard InChI is InChI=1S/C15H10FNO2S/c16-12-5-3-6-13(9-12)20(18,19)14-8-11-4-1-2-7-15(11)17-10-14/h1-10H. The third-order valence-electron chi connectivity index (χ3n) is 2.98. The number of fused-ring (bicyclic) bond motifs is 1. The summed E-state index contributed by atoms with van der Waals surface area (Å²) in [6, 6.07) is 13.7. The lowest BCUT2D eigenvalue weighted by Gasteiger charge is -2.05. The summed E-state index contributed by atoms with van der Waals surface area (Å²) in [5, 5.41) is 0.727. The van der Waals surface area contributed by atoms with Gasteiger partial charge in [-0.3, -0.25) is 4.98 Å². The van der Waals surface area contributed by atoms with Crippen molar-refractivity contribution in [1.29, 1.82) is 0 Å². The van der Waals surface area contributed by atoms with Crippen LogP contribution in [0.25, 0.3) is 10.9 Å². The van der Waals surface area contributed by atoms with Crippen molar-refractivity contribution >= 4 is 20.7 Å². The van der Waals surface area contributed by atoms with E-state index in [2.05, 4.69) is 4.98 Å². The van der Waals surface area contributed by atoms with Gasteiger partial charge < -0.3 is 0 Å². The molecule has 1 aromatic heterocycles. The predicted molar refractivity (Wildman–Crippen MR) is 73.6 cm³/mol. The normalized spacial score (nSPS) is 11.7. The summed E-state index contributed by atoms with van der Waals surface area (Å²) in [6.07, 6.45) is 1.29. The van der Waals surface area contributed by atoms with Crippen LogP contribution in [-0.2, 0) is 9.84 Å². The van der Waals surface area contributed by atoms with Gasteiger partial charge in [0.25, 0.3) is 0 Å². The van der Waals surface area contributed by atoms with E-state index in [1.165, 1.54) is 24.4 Å². The molecule has 0 atom stereocenters. The third-order valence-corrected chi connectivity index (χ3v) is 4.70. The molecule has 20 heavy (non-hydrogen) atoms. The van der Waals surface area contributed by atoms with Gasteiger partial charge in [0.2, 0.25) is 9.84 Å². The molecule has 0 amide bonds. The van der Waals surface area contributed by atoms with E-state index in [-0.39, 0.29) is 9.79 Å². The molecular weight excluding hydrogens is 277 g/mol. The van der Waals surface area contributed by atoms with E-state index in [4.69, 9.17) is 0 Å². The molecule has 5 heteroatoms. The van der Waals surface area contributed by atoms with Gasteiger partial charge in [-0.1, -0.05) is 24.3 Å². The Hall–Kier alpha value is -2.27. The molecule has 0 aliphatic rings. The van der Waals surface area contributed by atoms with E-state index in [9.17, 15) is 12.8 Å². The van der Waals surface area contributed by atoms with Crippen molar-refractivity contribution in [3.8, 4) is 0 Å². The van der Waals surface area contributed by atoms with Crippen molar-refractivity contribution < 1.29 is 12.8 Å². The smallest absolute Gasteiger partial charge is 0.208 e. The molecule has 0 saturated carbocycles. The fourth-order valence-electron chi connectivity index (χ4n) is 1.97. The van der Waals surface area contributed by atoms with Gasteiger partial charge in [-0.2, -0.15) is 0 Å². The Morgan fingerprint density at radius 2 is 1.70 bits per heavy atom. The van der Waals surface area contributed by atoms with Crippen molar-refractivity contribution in [2.24, 2.45) is 0 Å². The monoisotopic (exact) mass is 287 g/mol. The number of rotatable bonds is 2. The molecule has 3 nitrogen and oxygen atoms in total. The highest BCUT2D eigenvalue weighted by Gasteiger charge is 2.18. The summed E-state index contributed by atoms with van der Waals surface area (Å²) in [5.74, 6) is -0.583. The van der Waals surface area contributed by atoms with Crippen molar-refractivity contribution in [3.05, 3.63) is 66.6 Å². The first kappa shape index (κ1) is 12.7. The molecule has 0 aliphatic carbocycles. The van der Waals surface area contributed by atoms with Gasteiger partial charge >= 0.3 is 0 Å². The van der Waals surface area contributed by atoms with E-state index >= 15 is 0 Å². The van der Waals surface area contributed by atoms with Crippen LogP contribution in [0.3, 0.4) is 0 Å². The summed E-state index contributed by atoms with van der Waals surface area (Å²) >= 11 is 0. The number of hydrogen-bond donors (Lipinski definition) is 0. The Kier molecular flexibility index (Phi) is 2.99. The molecule has 1 heterocycles. The van der Waals surface area contributed by atoms with Crippen molar-refractivity contribution in [2.45, 2.75) is 9.79 Å². The first-order valence-corrected chi connectivity index (χ1v) is 7.41. The van der Waals surface area contributed by atoms with Gasteiger partial charge in [-0.15, -0.1) is 0 Å². The molecule has 0 unspecified atom stereocenters. The molecular formula is C15H10FNO2S. The quantitative estimate of drug-likeness (QED) is 0.727. The molecule has 0 radical (unpaired) electrons. The molecule has 0 spiro atoms. The van der Waals surface area contributed by atoms with Crippen molar-refractivity contribution in [2.75, 3.05) is 0 Å². The lowest BCUT2D eigenvalue weighted by molar-refractivity contribution is 0.590. The number of nitrogens with zero attached hydrogens (tertiary/aromatic N) is 1. The summed E-state index contributed by atoms with van der Waals surface area (Å²) in [5.41, 5.74) is 0.714. The Morgan fingerprint density at radius 1 is 0.900 bits per heavy atom. The number of benzene rings is 2. The van der Waals surface area contributed by atoms with Crippen LogP contribution in [0.15, 0.2) is 70.6 Å². The second-order valence-electron chi connectivity index (χ2n) is 4.32. The van der Waals surface area contributed by atoms with Crippen molar-refractivity contribution in [3.63, 3.8) is 0 Å². The van der Waals surface area contributed by atoms with Gasteiger partial charge in [-0.05, 0) is 30.3 Å². The maximum Gasteiger partial charge on any atom is 0.208 e. The van der Waals surface area contributed by atoms with Gasteiger partial charge in [0, 0.05) is 11.6 Å². The van der Waals surface area contributed by atoms with Crippen LogP contribution in [-0.4, -0.2) is 13.4 Å². The molecule has 3 rings (SSSR count). The Bertz CT molecular complexity index is 891. The molecule has 0 saturated heterocycles. The van der Waals surface area contributed by atoms with Crippen LogP contribution in [0.2, 0.25) is 0 Å². The highest BCUT2D eigenvalue weighted by Crippen LogP contribution is 2.23. The van der Waals surface area contributed by atoms with E-state index in [0.29, 0.717) is 5.52 Å². The number of pyridine rings is 1. The van der Waals surface area contributed by atoms with E-state index < -0.39 is 15.7 Å². The average molecular weight is 287 g/mol. The van der Waals surface area contributed by atoms with Crippen LogP contribution in [0.4, 0.5) is 4.39 Å². The zero-order valence-corrected chi connectivity index (χ0v) is 11.1. The van der Waals surface area contributed by atoms with Gasteiger partial charge in [0.1, 0.15) is 5.82 Å². The first-order chi connectivity index (χ1) is 9.57. The Balaban J connectivity index is 2.18. The highest BCUT2D eigenvalue weighted by molar-refractivity contribution is 7.91. The molecule has 0 aliphatic heterocycles. The molecule has 0 N–H and O–H groups in total. The minimum Gasteiger partial charge on any atom is -0.255 e. The maximum atomic E-state index is 13.2. The Labute approximate surface area is 115 Å². The minimum absolute atomic E-state index is 0.0572. The van der Waals surface area contributed by atoms with Crippen LogP contribution in [0.1, 0.15) is 0 Å². The minimum atomic E-state index is -3.76. The molecule has 100 valence electrons. The second-order valence-corrected chi connectivity index (χ2v) is 6.27. The zero-order valence-electron chi connectivity index (χ0n) is 10.3. The van der Waals surface area contributed by atoms with Gasteiger partial charge in [0.05, 0.1) is 15.3 Å². The topological polar surface area (TPSA) is 47.0 Å². The third kappa shape index (κ3) is 2.16. The summed E-state index contributed by atoms with van der Waals surface area (Å²) in [7, 11) is -3.76. The molecule has 2 aromatic carbocycles. The van der Waals surface area contributed by atoms with Crippen LogP contribution < -0.4 is 0 Å². The van der Waals surface area contributed by atoms with Crippen LogP contribution >= 0.6 is 0 Å². The number of hydrogen-bond acceptors (Lipinski definition) is 3. The first-order valence-electron chi connectivity index (χ1n) is 5.93. The zero-order chi connectivity index (χ0) is 14.2. The highest BCUT2D eigenvalue weighted by atomic mass is 32.2. The summed E-state index contributed by atoms with van der Waals surface area (Å²) in [4.78, 5) is 4.11. The van der Waals surface area contributed by atoms with Gasteiger partial charge in [-0.25, -0.2) is 12.8 Å². The second kappa shape index (κ2) is 4.68. The van der Waals surface area contributed by atoms with E-state index in [1.807, 2.05) is 12.1 Å². The van der Waals surface area contributed by atoms with E-state index in [1.54, 1.807) is 18.2 Å². The molecule has 0 fully saturated rings. The molecule has 0 bridgehead atoms. The van der Waals surface area contributed by atoms with E-state index in [0.717, 1.165) is 11.5 Å². The number of sulfone groups is 1. The van der Waals surface area contributed by atoms with Crippen LogP contribution in [0.5, 0.6) is 0 Å². The van der Waals surface area contributed by atoms with Crippen LogP contribution in [0, 0.1) is 5.82 Å². The maximum absolute atomic E-state index is 13.2. The number of para-hydroxylation sites is 1.